The second-order valence-corrected chi connectivity index (χ2v) is 3.65. The van der Waals surface area contributed by atoms with Gasteiger partial charge in [-0.25, -0.2) is 0 Å². The molecule has 4 heteroatoms. The summed E-state index contributed by atoms with van der Waals surface area (Å²) in [4.78, 5) is 21.4. The summed E-state index contributed by atoms with van der Waals surface area (Å²) in [7, 11) is 0. The van der Waals surface area contributed by atoms with Crippen LogP contribution in [-0.4, -0.2) is 22.2 Å². The third-order valence-corrected chi connectivity index (χ3v) is 2.44. The molecule has 0 radical (unpaired) electrons. The van der Waals surface area contributed by atoms with Crippen molar-refractivity contribution in [2.45, 2.75) is 19.8 Å². The van der Waals surface area contributed by atoms with E-state index in [1.54, 1.807) is 19.1 Å². The molecule has 1 aliphatic carbocycles. The highest BCUT2D eigenvalue weighted by Crippen LogP contribution is 2.35. The maximum absolute atomic E-state index is 10.8. The first-order chi connectivity index (χ1) is 5.96. The van der Waals surface area contributed by atoms with Crippen LogP contribution in [0.25, 0.3) is 0 Å². The Kier molecular flexibility index (Phi) is 2.40. The van der Waals surface area contributed by atoms with Crippen molar-refractivity contribution in [3.63, 3.8) is 0 Å². The van der Waals surface area contributed by atoms with E-state index in [-0.39, 0.29) is 6.42 Å². The highest BCUT2D eigenvalue weighted by atomic mass is 16.4. The first-order valence-electron chi connectivity index (χ1n) is 4.08. The van der Waals surface area contributed by atoms with Crippen LogP contribution in [0, 0.1) is 11.3 Å². The number of allylic oxidation sites excluding steroid dienone is 1. The molecule has 0 bridgehead atoms. The summed E-state index contributed by atoms with van der Waals surface area (Å²) in [6.07, 6.45) is 3.78. The molecule has 13 heavy (non-hydrogen) atoms. The maximum Gasteiger partial charge on any atom is 0.310 e. The largest absolute Gasteiger partial charge is 0.481 e. The van der Waals surface area contributed by atoms with E-state index in [9.17, 15) is 9.59 Å². The fourth-order valence-corrected chi connectivity index (χ4v) is 1.47. The second-order valence-electron chi connectivity index (χ2n) is 3.65. The first-order valence-corrected chi connectivity index (χ1v) is 4.08. The topological polar surface area (TPSA) is 74.6 Å². The van der Waals surface area contributed by atoms with Crippen molar-refractivity contribution < 1.29 is 19.8 Å². The van der Waals surface area contributed by atoms with Gasteiger partial charge in [0.05, 0.1) is 11.3 Å². The SMILES string of the molecule is CC1(C(=O)O)CC=CC(C(=O)O)C1. The Balaban J connectivity index is 2.82. The van der Waals surface area contributed by atoms with Crippen LogP contribution in [0.3, 0.4) is 0 Å². The molecule has 4 nitrogen and oxygen atoms in total. The predicted octanol–water partition coefficient (Wildman–Crippen LogP) is 1.13. The van der Waals surface area contributed by atoms with Gasteiger partial charge in [0.25, 0.3) is 0 Å². The number of carbonyl (C=O) groups is 2. The quantitative estimate of drug-likeness (QED) is 0.631. The first kappa shape index (κ1) is 9.77. The molecule has 1 rings (SSSR count). The van der Waals surface area contributed by atoms with Gasteiger partial charge in [-0.2, -0.15) is 0 Å². The average molecular weight is 184 g/mol. The summed E-state index contributed by atoms with van der Waals surface area (Å²) >= 11 is 0. The monoisotopic (exact) mass is 184 g/mol. The Morgan fingerprint density at radius 1 is 1.46 bits per heavy atom. The molecule has 0 aromatic carbocycles. The van der Waals surface area contributed by atoms with Gasteiger partial charge in [0.2, 0.25) is 0 Å². The zero-order chi connectivity index (χ0) is 10.1. The van der Waals surface area contributed by atoms with Crippen LogP contribution in [0.15, 0.2) is 12.2 Å². The lowest BCUT2D eigenvalue weighted by Gasteiger charge is -2.28. The molecule has 2 unspecified atom stereocenters. The highest BCUT2D eigenvalue weighted by molar-refractivity contribution is 5.78. The minimum atomic E-state index is -0.955. The Hall–Kier alpha value is -1.32. The average Bonchev–Trinajstić information content (AvgIpc) is 2.04. The third kappa shape index (κ3) is 1.88. The van der Waals surface area contributed by atoms with Crippen LogP contribution in [0.4, 0.5) is 0 Å². The van der Waals surface area contributed by atoms with Gasteiger partial charge < -0.3 is 10.2 Å². The molecule has 1 aliphatic rings. The van der Waals surface area contributed by atoms with E-state index in [4.69, 9.17) is 10.2 Å². The summed E-state index contributed by atoms with van der Waals surface area (Å²) in [5.41, 5.74) is -0.919. The summed E-state index contributed by atoms with van der Waals surface area (Å²) in [6.45, 7) is 1.58. The molecule has 0 fully saturated rings. The Morgan fingerprint density at radius 3 is 2.54 bits per heavy atom. The van der Waals surface area contributed by atoms with Crippen molar-refractivity contribution in [1.82, 2.24) is 0 Å². The number of carboxylic acids is 2. The lowest BCUT2D eigenvalue weighted by atomic mass is 9.74. The van der Waals surface area contributed by atoms with Gasteiger partial charge in [-0.15, -0.1) is 0 Å². The van der Waals surface area contributed by atoms with Crippen molar-refractivity contribution in [2.75, 3.05) is 0 Å². The molecule has 0 aliphatic heterocycles. The van der Waals surface area contributed by atoms with Gasteiger partial charge in [0.15, 0.2) is 0 Å². The molecule has 2 atom stereocenters. The number of hydrogen-bond donors (Lipinski definition) is 2. The lowest BCUT2D eigenvalue weighted by molar-refractivity contribution is -0.151. The van der Waals surface area contributed by atoms with Gasteiger partial charge in [-0.05, 0) is 19.8 Å². The Bertz CT molecular complexity index is 269. The van der Waals surface area contributed by atoms with Gasteiger partial charge >= 0.3 is 11.9 Å². The normalized spacial score (nSPS) is 32.8. The van der Waals surface area contributed by atoms with Crippen LogP contribution in [0.1, 0.15) is 19.8 Å². The number of carboxylic acid groups (broad SMARTS) is 2. The van der Waals surface area contributed by atoms with Crippen LogP contribution in [0.5, 0.6) is 0 Å². The molecule has 0 heterocycles. The van der Waals surface area contributed by atoms with E-state index in [1.165, 1.54) is 0 Å². The zero-order valence-electron chi connectivity index (χ0n) is 7.36. The van der Waals surface area contributed by atoms with E-state index in [2.05, 4.69) is 0 Å². The standard InChI is InChI=1S/C9H12O4/c1-9(8(12)13)4-2-3-6(5-9)7(10)11/h2-3,6H,4-5H2,1H3,(H,10,11)(H,12,13). The van der Waals surface area contributed by atoms with Crippen LogP contribution in [0.2, 0.25) is 0 Å². The lowest BCUT2D eigenvalue weighted by Crippen LogP contribution is -2.33. The number of hydrogen-bond acceptors (Lipinski definition) is 2. The van der Waals surface area contributed by atoms with Crippen molar-refractivity contribution in [2.24, 2.45) is 11.3 Å². The van der Waals surface area contributed by atoms with Crippen molar-refractivity contribution in [3.05, 3.63) is 12.2 Å². The summed E-state index contributed by atoms with van der Waals surface area (Å²) in [5, 5.41) is 17.6. The minimum absolute atomic E-state index is 0.175. The smallest absolute Gasteiger partial charge is 0.310 e. The highest BCUT2D eigenvalue weighted by Gasteiger charge is 2.38. The van der Waals surface area contributed by atoms with E-state index < -0.39 is 23.3 Å². The summed E-state index contributed by atoms with van der Waals surface area (Å²) in [6, 6.07) is 0. The van der Waals surface area contributed by atoms with Crippen molar-refractivity contribution in [1.29, 1.82) is 0 Å². The van der Waals surface area contributed by atoms with E-state index in [1.807, 2.05) is 0 Å². The maximum atomic E-state index is 10.8. The van der Waals surface area contributed by atoms with Gasteiger partial charge in [-0.3, -0.25) is 9.59 Å². The predicted molar refractivity (Wildman–Crippen MR) is 45.2 cm³/mol. The molecule has 0 aromatic rings. The molecule has 0 aromatic heterocycles. The molecule has 2 N–H and O–H groups in total. The Labute approximate surface area is 75.9 Å². The van der Waals surface area contributed by atoms with E-state index >= 15 is 0 Å². The molecule has 72 valence electrons. The van der Waals surface area contributed by atoms with Gasteiger partial charge in [0, 0.05) is 0 Å². The number of aliphatic carboxylic acids is 2. The third-order valence-electron chi connectivity index (χ3n) is 2.44. The van der Waals surface area contributed by atoms with Crippen LogP contribution < -0.4 is 0 Å². The zero-order valence-corrected chi connectivity index (χ0v) is 7.36. The minimum Gasteiger partial charge on any atom is -0.481 e. The van der Waals surface area contributed by atoms with Gasteiger partial charge in [-0.1, -0.05) is 12.2 Å². The van der Waals surface area contributed by atoms with Crippen LogP contribution in [-0.2, 0) is 9.59 Å². The molecular weight excluding hydrogens is 172 g/mol. The number of rotatable bonds is 2. The molecular formula is C9H12O4. The van der Waals surface area contributed by atoms with E-state index in [0.29, 0.717) is 6.42 Å². The summed E-state index contributed by atoms with van der Waals surface area (Å²) < 4.78 is 0. The molecule has 0 amide bonds. The van der Waals surface area contributed by atoms with Gasteiger partial charge in [0.1, 0.15) is 0 Å². The van der Waals surface area contributed by atoms with E-state index in [0.717, 1.165) is 0 Å². The molecule has 0 saturated carbocycles. The molecule has 0 spiro atoms. The fraction of sp³-hybridized carbons (Fsp3) is 0.556. The Morgan fingerprint density at radius 2 is 2.08 bits per heavy atom. The second kappa shape index (κ2) is 3.20. The molecule has 0 saturated heterocycles. The van der Waals surface area contributed by atoms with Crippen molar-refractivity contribution in [3.8, 4) is 0 Å². The van der Waals surface area contributed by atoms with Crippen LogP contribution >= 0.6 is 0 Å². The fourth-order valence-electron chi connectivity index (χ4n) is 1.47. The van der Waals surface area contributed by atoms with Crippen molar-refractivity contribution >= 4 is 11.9 Å². The summed E-state index contributed by atoms with van der Waals surface area (Å²) in [5.74, 6) is -2.54.